The maximum absolute atomic E-state index is 11.2. The molecule has 2 aromatic heterocycles. The molecule has 0 fully saturated rings. The molecule has 0 spiro atoms. The topological polar surface area (TPSA) is 89.1 Å². The largest absolute Gasteiger partial charge is 0.491 e. The third kappa shape index (κ3) is 5.07. The molecule has 0 saturated heterocycles. The fourth-order valence-corrected chi connectivity index (χ4v) is 3.20. The number of benzene rings is 1. The quantitative estimate of drug-likeness (QED) is 0.632. The number of aromatic amines is 1. The number of hydrogen-bond acceptors (Lipinski definition) is 6. The van der Waals surface area contributed by atoms with Crippen molar-refractivity contribution in [3.8, 4) is 27.3 Å². The van der Waals surface area contributed by atoms with E-state index in [1.54, 1.807) is 6.20 Å². The molecule has 2 N–H and O–H groups in total. The summed E-state index contributed by atoms with van der Waals surface area (Å²) in [6.07, 6.45) is 1.85. The molecule has 3 rings (SSSR count). The number of carbonyl (C=O) groups is 1. The fraction of sp³-hybridized carbons (Fsp3) is 0.316. The van der Waals surface area contributed by atoms with E-state index in [-0.39, 0.29) is 18.1 Å². The molecule has 3 aromatic rings. The van der Waals surface area contributed by atoms with Crippen molar-refractivity contribution in [2.24, 2.45) is 0 Å². The smallest absolute Gasteiger partial charge is 0.279 e. The van der Waals surface area contributed by atoms with Gasteiger partial charge in [-0.1, -0.05) is 11.3 Å². The Labute approximate surface area is 161 Å². The summed E-state index contributed by atoms with van der Waals surface area (Å²) in [6, 6.07) is 9.19. The van der Waals surface area contributed by atoms with Gasteiger partial charge in [0.1, 0.15) is 17.2 Å². The van der Waals surface area contributed by atoms with Gasteiger partial charge in [-0.2, -0.15) is 5.10 Å². The van der Waals surface area contributed by atoms with Crippen molar-refractivity contribution in [3.05, 3.63) is 42.2 Å². The normalized spacial score (nSPS) is 12.0. The number of carbonyl (C=O) groups excluding carboxylic acids is 1. The lowest BCUT2D eigenvalue weighted by molar-refractivity contribution is -0.119. The summed E-state index contributed by atoms with van der Waals surface area (Å²) in [7, 11) is 0. The summed E-state index contributed by atoms with van der Waals surface area (Å²) >= 11 is 1.40. The zero-order valence-electron chi connectivity index (χ0n) is 15.6. The fourth-order valence-electron chi connectivity index (χ4n) is 2.45. The van der Waals surface area contributed by atoms with E-state index in [1.807, 2.05) is 51.1 Å². The van der Waals surface area contributed by atoms with Crippen LogP contribution in [0.3, 0.4) is 0 Å². The van der Waals surface area contributed by atoms with Crippen molar-refractivity contribution < 1.29 is 14.3 Å². The minimum absolute atomic E-state index is 0.0862. The number of nitrogens with one attached hydrogen (secondary N) is 2. The van der Waals surface area contributed by atoms with E-state index in [0.29, 0.717) is 10.9 Å². The number of amides is 1. The van der Waals surface area contributed by atoms with Crippen LogP contribution in [0.25, 0.3) is 10.6 Å². The van der Waals surface area contributed by atoms with Crippen LogP contribution in [0.2, 0.25) is 0 Å². The number of rotatable bonds is 7. The van der Waals surface area contributed by atoms with Crippen molar-refractivity contribution in [3.63, 3.8) is 0 Å². The molecule has 8 heteroatoms. The minimum Gasteiger partial charge on any atom is -0.491 e. The van der Waals surface area contributed by atoms with Gasteiger partial charge in [0.2, 0.25) is 5.91 Å². The average Bonchev–Trinajstić information content (AvgIpc) is 3.25. The maximum atomic E-state index is 11.2. The number of thiazole rings is 1. The van der Waals surface area contributed by atoms with E-state index in [2.05, 4.69) is 20.5 Å². The molecule has 27 heavy (non-hydrogen) atoms. The van der Waals surface area contributed by atoms with E-state index in [0.717, 1.165) is 22.0 Å². The monoisotopic (exact) mass is 386 g/mol. The van der Waals surface area contributed by atoms with Gasteiger partial charge in [0.15, 0.2) is 0 Å². The average molecular weight is 386 g/mol. The van der Waals surface area contributed by atoms with Crippen LogP contribution in [0.5, 0.6) is 16.7 Å². The first-order valence-electron chi connectivity index (χ1n) is 8.64. The van der Waals surface area contributed by atoms with E-state index in [4.69, 9.17) is 9.47 Å². The van der Waals surface area contributed by atoms with E-state index < -0.39 is 0 Å². The molecule has 1 aromatic carbocycles. The molecule has 0 aliphatic heterocycles. The van der Waals surface area contributed by atoms with Gasteiger partial charge in [-0.15, -0.1) is 0 Å². The van der Waals surface area contributed by atoms with Crippen LogP contribution < -0.4 is 14.8 Å². The summed E-state index contributed by atoms with van der Waals surface area (Å²) in [5.41, 5.74) is 1.59. The molecular weight excluding hydrogens is 364 g/mol. The summed E-state index contributed by atoms with van der Waals surface area (Å²) < 4.78 is 11.4. The van der Waals surface area contributed by atoms with E-state index in [1.165, 1.54) is 18.3 Å². The van der Waals surface area contributed by atoms with Crippen LogP contribution >= 0.6 is 11.3 Å². The molecule has 2 heterocycles. The van der Waals surface area contributed by atoms with Gasteiger partial charge in [0.05, 0.1) is 28.9 Å². The molecule has 0 saturated carbocycles. The minimum atomic E-state index is -0.140. The zero-order valence-corrected chi connectivity index (χ0v) is 16.5. The van der Waals surface area contributed by atoms with Gasteiger partial charge < -0.3 is 14.8 Å². The predicted molar refractivity (Wildman–Crippen MR) is 104 cm³/mol. The number of nitrogens with zero attached hydrogens (tertiary/aromatic N) is 2. The lowest BCUT2D eigenvalue weighted by Gasteiger charge is -2.09. The lowest BCUT2D eigenvalue weighted by Crippen LogP contribution is -2.23. The maximum Gasteiger partial charge on any atom is 0.279 e. The Bertz CT molecular complexity index is 902. The highest BCUT2D eigenvalue weighted by Gasteiger charge is 2.14. The predicted octanol–water partition coefficient (Wildman–Crippen LogP) is 4.31. The lowest BCUT2D eigenvalue weighted by atomic mass is 10.2. The number of aromatic nitrogens is 3. The second-order valence-corrected chi connectivity index (χ2v) is 7.35. The van der Waals surface area contributed by atoms with Crippen molar-refractivity contribution in [2.45, 2.75) is 39.8 Å². The second kappa shape index (κ2) is 8.22. The van der Waals surface area contributed by atoms with E-state index in [9.17, 15) is 4.79 Å². The van der Waals surface area contributed by atoms with Crippen molar-refractivity contribution >= 4 is 17.2 Å². The van der Waals surface area contributed by atoms with Gasteiger partial charge >= 0.3 is 0 Å². The van der Waals surface area contributed by atoms with Crippen LogP contribution in [-0.2, 0) is 4.79 Å². The number of ether oxygens (including phenoxy) is 2. The number of H-pyrrole nitrogens is 1. The first-order chi connectivity index (χ1) is 12.9. The van der Waals surface area contributed by atoms with Crippen LogP contribution in [0.1, 0.15) is 39.4 Å². The van der Waals surface area contributed by atoms with Gasteiger partial charge in [0.25, 0.3) is 5.19 Å². The van der Waals surface area contributed by atoms with E-state index >= 15 is 0 Å². The molecule has 0 aliphatic rings. The zero-order chi connectivity index (χ0) is 19.4. The Balaban J connectivity index is 1.66. The second-order valence-electron chi connectivity index (χ2n) is 6.36. The van der Waals surface area contributed by atoms with Gasteiger partial charge in [-0.25, -0.2) is 4.98 Å². The summed E-state index contributed by atoms with van der Waals surface area (Å²) in [5.74, 6) is 1.40. The summed E-state index contributed by atoms with van der Waals surface area (Å²) in [5, 5.41) is 10.6. The van der Waals surface area contributed by atoms with Crippen LogP contribution in [0.4, 0.5) is 0 Å². The Morgan fingerprint density at radius 1 is 1.19 bits per heavy atom. The standard InChI is InChI=1S/C19H22N4O3S/c1-11(2)25-14-5-7-15(8-6-14)26-19-20-10-18(27-19)17-9-16(22-23-17)12(3)21-13(4)24/h5-12H,1-4H3,(H,21,24)(H,22,23). The molecule has 142 valence electrons. The number of hydrogen-bond donors (Lipinski definition) is 2. The first-order valence-corrected chi connectivity index (χ1v) is 9.45. The Kier molecular flexibility index (Phi) is 5.75. The molecular formula is C19H22N4O3S. The van der Waals surface area contributed by atoms with Crippen molar-refractivity contribution in [2.75, 3.05) is 0 Å². The molecule has 0 radical (unpaired) electrons. The SMILES string of the molecule is CC(=O)NC(C)c1cc(-c2cnc(Oc3ccc(OC(C)C)cc3)s2)n[nH]1. The Morgan fingerprint density at radius 3 is 2.56 bits per heavy atom. The Morgan fingerprint density at radius 2 is 1.89 bits per heavy atom. The summed E-state index contributed by atoms with van der Waals surface area (Å²) in [4.78, 5) is 16.4. The summed E-state index contributed by atoms with van der Waals surface area (Å²) in [6.45, 7) is 7.35. The highest BCUT2D eigenvalue weighted by Crippen LogP contribution is 2.33. The van der Waals surface area contributed by atoms with Crippen LogP contribution in [0.15, 0.2) is 36.5 Å². The van der Waals surface area contributed by atoms with Crippen LogP contribution in [-0.4, -0.2) is 27.2 Å². The van der Waals surface area contributed by atoms with Crippen molar-refractivity contribution in [1.29, 1.82) is 0 Å². The molecule has 7 nitrogen and oxygen atoms in total. The van der Waals surface area contributed by atoms with Crippen molar-refractivity contribution in [1.82, 2.24) is 20.5 Å². The highest BCUT2D eigenvalue weighted by atomic mass is 32.1. The van der Waals surface area contributed by atoms with Gasteiger partial charge in [-0.05, 0) is 51.1 Å². The molecule has 1 amide bonds. The highest BCUT2D eigenvalue weighted by molar-refractivity contribution is 7.16. The molecule has 0 bridgehead atoms. The molecule has 0 aliphatic carbocycles. The van der Waals surface area contributed by atoms with Gasteiger partial charge in [-0.3, -0.25) is 9.89 Å². The third-order valence-corrected chi connectivity index (χ3v) is 4.52. The first kappa shape index (κ1) is 18.9. The molecule has 1 unspecified atom stereocenters. The third-order valence-electron chi connectivity index (χ3n) is 3.62. The van der Waals surface area contributed by atoms with Gasteiger partial charge in [0, 0.05) is 6.92 Å². The molecule has 1 atom stereocenters. The Hall–Kier alpha value is -2.87. The van der Waals surface area contributed by atoms with Crippen LogP contribution in [0, 0.1) is 0 Å².